The Kier molecular flexibility index (Phi) is 5.08. The van der Waals surface area contributed by atoms with Crippen LogP contribution in [0.2, 0.25) is 0 Å². The lowest BCUT2D eigenvalue weighted by atomic mass is 9.74. The van der Waals surface area contributed by atoms with Gasteiger partial charge in [0, 0.05) is 37.3 Å². The molecule has 0 N–H and O–H groups in total. The molecule has 3 aliphatic heterocycles. The highest BCUT2D eigenvalue weighted by Gasteiger charge is 2.45. The molecule has 5 rings (SSSR count). The lowest BCUT2D eigenvalue weighted by Gasteiger charge is -2.55. The zero-order chi connectivity index (χ0) is 19.8. The number of carbonyl (C=O) groups excluding carboxylic acids is 1. The summed E-state index contributed by atoms with van der Waals surface area (Å²) in [7, 11) is 0. The average molecular weight is 395 g/mol. The molecule has 4 heterocycles. The molecule has 0 aliphatic carbocycles. The van der Waals surface area contributed by atoms with Gasteiger partial charge in [0.2, 0.25) is 0 Å². The maximum atomic E-state index is 13.2. The van der Waals surface area contributed by atoms with Crippen molar-refractivity contribution in [2.75, 3.05) is 19.6 Å². The van der Waals surface area contributed by atoms with E-state index in [9.17, 15) is 4.79 Å². The zero-order valence-electron chi connectivity index (χ0n) is 17.2. The molecule has 0 unspecified atom stereocenters. The van der Waals surface area contributed by atoms with Gasteiger partial charge in [-0.3, -0.25) is 9.69 Å². The topological polar surface area (TPSA) is 67.2 Å². The van der Waals surface area contributed by atoms with Gasteiger partial charge in [-0.25, -0.2) is 4.68 Å². The van der Waals surface area contributed by atoms with Crippen LogP contribution < -0.4 is 0 Å². The second-order valence-electron chi connectivity index (χ2n) is 9.01. The fraction of sp³-hybridized carbons (Fsp3) is 0.636. The molecule has 0 saturated carbocycles. The number of benzene rings is 1. The van der Waals surface area contributed by atoms with Gasteiger partial charge in [-0.15, -0.1) is 5.10 Å². The maximum Gasteiger partial charge on any atom is 0.253 e. The van der Waals surface area contributed by atoms with E-state index >= 15 is 0 Å². The van der Waals surface area contributed by atoms with Crippen LogP contribution >= 0.6 is 0 Å². The second kappa shape index (κ2) is 7.86. The summed E-state index contributed by atoms with van der Waals surface area (Å²) in [6.07, 6.45) is 9.47. The van der Waals surface area contributed by atoms with Crippen LogP contribution in [0, 0.1) is 11.8 Å². The Bertz CT molecular complexity index is 833. The van der Waals surface area contributed by atoms with Crippen LogP contribution in [0.1, 0.15) is 55.8 Å². The third kappa shape index (κ3) is 3.56. The van der Waals surface area contributed by atoms with Crippen molar-refractivity contribution >= 4 is 5.91 Å². The second-order valence-corrected chi connectivity index (χ2v) is 9.01. The molecule has 3 fully saturated rings. The van der Waals surface area contributed by atoms with E-state index in [1.165, 1.54) is 45.1 Å². The molecule has 2 bridgehead atoms. The Labute approximate surface area is 172 Å². The van der Waals surface area contributed by atoms with Crippen LogP contribution in [0.5, 0.6) is 0 Å². The normalized spacial score (nSPS) is 29.5. The van der Waals surface area contributed by atoms with Crippen LogP contribution in [0.25, 0.3) is 5.69 Å². The molecule has 1 aromatic carbocycles. The van der Waals surface area contributed by atoms with E-state index in [0.29, 0.717) is 17.9 Å². The monoisotopic (exact) mass is 394 g/mol. The van der Waals surface area contributed by atoms with Gasteiger partial charge in [0.1, 0.15) is 6.33 Å². The Hall–Kier alpha value is -2.28. The average Bonchev–Trinajstić information content (AvgIpc) is 3.29. The summed E-state index contributed by atoms with van der Waals surface area (Å²) in [6, 6.07) is 9.06. The molecule has 0 spiro atoms. The summed E-state index contributed by atoms with van der Waals surface area (Å²) in [4.78, 5) is 18.2. The number of piperidine rings is 3. The highest BCUT2D eigenvalue weighted by Crippen LogP contribution is 2.40. The van der Waals surface area contributed by atoms with Crippen molar-refractivity contribution in [1.82, 2.24) is 30.0 Å². The van der Waals surface area contributed by atoms with Gasteiger partial charge in [-0.2, -0.15) is 0 Å². The lowest BCUT2D eigenvalue weighted by Crippen LogP contribution is -2.62. The molecule has 3 saturated heterocycles. The summed E-state index contributed by atoms with van der Waals surface area (Å²) in [6.45, 7) is 5.28. The largest absolute Gasteiger partial charge is 0.338 e. The van der Waals surface area contributed by atoms with Crippen LogP contribution in [0.4, 0.5) is 0 Å². The number of fused-ring (bicyclic) bond motifs is 4. The molecule has 7 nitrogen and oxygen atoms in total. The van der Waals surface area contributed by atoms with Gasteiger partial charge in [-0.05, 0) is 72.2 Å². The van der Waals surface area contributed by atoms with E-state index in [0.717, 1.165) is 30.4 Å². The minimum atomic E-state index is 0.164. The fourth-order valence-corrected chi connectivity index (χ4v) is 5.94. The minimum Gasteiger partial charge on any atom is -0.338 e. The molecule has 154 valence electrons. The molecule has 7 heteroatoms. The van der Waals surface area contributed by atoms with Crippen molar-refractivity contribution in [2.24, 2.45) is 11.8 Å². The molecule has 4 atom stereocenters. The highest BCUT2D eigenvalue weighted by molar-refractivity contribution is 5.94. The molecule has 1 amide bonds. The first-order chi connectivity index (χ1) is 14.2. The van der Waals surface area contributed by atoms with E-state index in [1.54, 1.807) is 11.0 Å². The van der Waals surface area contributed by atoms with Crippen molar-refractivity contribution in [3.8, 4) is 5.69 Å². The quantitative estimate of drug-likeness (QED) is 0.798. The minimum absolute atomic E-state index is 0.164. The van der Waals surface area contributed by atoms with E-state index < -0.39 is 0 Å². The van der Waals surface area contributed by atoms with Gasteiger partial charge in [0.05, 0.1) is 5.69 Å². The van der Waals surface area contributed by atoms with Crippen molar-refractivity contribution < 1.29 is 4.79 Å². The Morgan fingerprint density at radius 3 is 2.76 bits per heavy atom. The van der Waals surface area contributed by atoms with Crippen molar-refractivity contribution in [1.29, 1.82) is 0 Å². The van der Waals surface area contributed by atoms with Crippen molar-refractivity contribution in [3.05, 3.63) is 36.2 Å². The van der Waals surface area contributed by atoms with Gasteiger partial charge < -0.3 is 4.90 Å². The zero-order valence-corrected chi connectivity index (χ0v) is 17.2. The van der Waals surface area contributed by atoms with Gasteiger partial charge in [-0.1, -0.05) is 19.8 Å². The van der Waals surface area contributed by atoms with E-state index in [4.69, 9.17) is 0 Å². The molecule has 3 aliphatic rings. The number of hydrogen-bond acceptors (Lipinski definition) is 5. The molecule has 0 radical (unpaired) electrons. The number of carbonyl (C=O) groups is 1. The van der Waals surface area contributed by atoms with Crippen LogP contribution in [-0.2, 0) is 0 Å². The molecule has 29 heavy (non-hydrogen) atoms. The van der Waals surface area contributed by atoms with Crippen LogP contribution in [0.15, 0.2) is 30.6 Å². The van der Waals surface area contributed by atoms with E-state index in [2.05, 4.69) is 32.2 Å². The number of hydrogen-bond donors (Lipinski definition) is 0. The summed E-state index contributed by atoms with van der Waals surface area (Å²) in [5, 5.41) is 11.2. The summed E-state index contributed by atoms with van der Waals surface area (Å²) in [5.74, 6) is 1.41. The number of amides is 1. The first kappa shape index (κ1) is 18.7. The van der Waals surface area contributed by atoms with Gasteiger partial charge >= 0.3 is 0 Å². The number of likely N-dealkylation sites (tertiary alicyclic amines) is 1. The summed E-state index contributed by atoms with van der Waals surface area (Å²) >= 11 is 0. The van der Waals surface area contributed by atoms with Crippen molar-refractivity contribution in [2.45, 2.75) is 57.5 Å². The summed E-state index contributed by atoms with van der Waals surface area (Å²) in [5.41, 5.74) is 1.62. The van der Waals surface area contributed by atoms with Crippen LogP contribution in [0.3, 0.4) is 0 Å². The van der Waals surface area contributed by atoms with E-state index in [1.807, 2.05) is 24.3 Å². The Morgan fingerprint density at radius 2 is 2.00 bits per heavy atom. The van der Waals surface area contributed by atoms with E-state index in [-0.39, 0.29) is 5.91 Å². The third-order valence-electron chi connectivity index (χ3n) is 7.15. The Balaban J connectivity index is 1.29. The SMILES string of the molecule is CCC[C@H]1CCC[C@H]2[C@@H]3C[C@@H](CN(C(=O)c4ccc(-n5cnnn5)cc4)C3)CN12. The van der Waals surface area contributed by atoms with Gasteiger partial charge in [0.15, 0.2) is 0 Å². The molecule has 2 aromatic rings. The highest BCUT2D eigenvalue weighted by atomic mass is 16.2. The molecular weight excluding hydrogens is 364 g/mol. The number of aromatic nitrogens is 4. The first-order valence-electron chi connectivity index (χ1n) is 11.1. The van der Waals surface area contributed by atoms with Crippen LogP contribution in [-0.4, -0.2) is 67.6 Å². The fourth-order valence-electron chi connectivity index (χ4n) is 5.94. The summed E-state index contributed by atoms with van der Waals surface area (Å²) < 4.78 is 1.60. The third-order valence-corrected chi connectivity index (χ3v) is 7.15. The van der Waals surface area contributed by atoms with Crippen molar-refractivity contribution in [3.63, 3.8) is 0 Å². The maximum absolute atomic E-state index is 13.2. The predicted molar refractivity (Wildman–Crippen MR) is 110 cm³/mol. The number of tetrazole rings is 1. The van der Waals surface area contributed by atoms with Gasteiger partial charge in [0.25, 0.3) is 5.91 Å². The smallest absolute Gasteiger partial charge is 0.253 e. The lowest BCUT2D eigenvalue weighted by molar-refractivity contribution is -0.0518. The number of nitrogens with zero attached hydrogens (tertiary/aromatic N) is 6. The molecular formula is C22H30N6O. The molecule has 1 aromatic heterocycles. The predicted octanol–water partition coefficient (Wildman–Crippen LogP) is 2.78. The number of rotatable bonds is 4. The Morgan fingerprint density at radius 1 is 1.14 bits per heavy atom. The first-order valence-corrected chi connectivity index (χ1v) is 11.1. The standard InChI is InChI=1S/C22H30N6O/c1-2-4-19-5-3-6-21-18-11-16(13-27(19)21)12-26(14-18)22(29)17-7-9-20(10-8-17)28-15-23-24-25-28/h7-10,15-16,18-19,21H,2-6,11-14H2,1H3/t16-,18+,19-,21-/m0/s1.